The van der Waals surface area contributed by atoms with Crippen LogP contribution in [0, 0.1) is 5.92 Å². The second-order valence-corrected chi connectivity index (χ2v) is 7.54. The molecule has 1 aromatic carbocycles. The first-order valence-corrected chi connectivity index (χ1v) is 9.95. The molecule has 2 atom stereocenters. The van der Waals surface area contributed by atoms with Crippen molar-refractivity contribution >= 4 is 5.91 Å². The van der Waals surface area contributed by atoms with E-state index in [1.807, 2.05) is 30.3 Å². The monoisotopic (exact) mass is 344 g/mol. The summed E-state index contributed by atoms with van der Waals surface area (Å²) < 4.78 is 5.94. The van der Waals surface area contributed by atoms with Crippen molar-refractivity contribution in [3.63, 3.8) is 0 Å². The third kappa shape index (κ3) is 5.21. The summed E-state index contributed by atoms with van der Waals surface area (Å²) in [5.74, 6) is 1.77. The summed E-state index contributed by atoms with van der Waals surface area (Å²) >= 11 is 0. The lowest BCUT2D eigenvalue weighted by Crippen LogP contribution is -2.51. The second kappa shape index (κ2) is 9.23. The van der Waals surface area contributed by atoms with Gasteiger partial charge in [0.05, 0.1) is 12.6 Å². The number of rotatable bonds is 5. The molecule has 4 heteroatoms. The lowest BCUT2D eigenvalue weighted by atomic mass is 9.97. The molecule has 2 aliphatic rings. The summed E-state index contributed by atoms with van der Waals surface area (Å²) in [4.78, 5) is 17.4. The molecule has 3 rings (SSSR count). The van der Waals surface area contributed by atoms with Crippen molar-refractivity contribution in [3.05, 3.63) is 30.3 Å². The van der Waals surface area contributed by atoms with Crippen molar-refractivity contribution in [3.8, 4) is 5.75 Å². The van der Waals surface area contributed by atoms with E-state index < -0.39 is 0 Å². The Balaban J connectivity index is 1.50. The molecular weight excluding hydrogens is 312 g/mol. The first kappa shape index (κ1) is 18.2. The molecule has 4 nitrogen and oxygen atoms in total. The average Bonchev–Trinajstić information content (AvgIpc) is 2.96. The highest BCUT2D eigenvalue weighted by Gasteiger charge is 2.30. The number of carbonyl (C=O) groups is 1. The molecule has 2 fully saturated rings. The summed E-state index contributed by atoms with van der Waals surface area (Å²) in [6, 6.07) is 10.0. The third-order valence-electron chi connectivity index (χ3n) is 5.60. The number of carbonyl (C=O) groups excluding carboxylic acids is 1. The van der Waals surface area contributed by atoms with Gasteiger partial charge in [-0.1, -0.05) is 31.0 Å². The molecule has 0 radical (unpaired) electrons. The minimum absolute atomic E-state index is 0.00220. The molecule has 138 valence electrons. The van der Waals surface area contributed by atoms with Crippen LogP contribution in [-0.4, -0.2) is 54.5 Å². The van der Waals surface area contributed by atoms with Gasteiger partial charge in [-0.25, -0.2) is 0 Å². The van der Waals surface area contributed by atoms with Gasteiger partial charge in [-0.2, -0.15) is 0 Å². The van der Waals surface area contributed by atoms with Crippen molar-refractivity contribution in [2.75, 3.05) is 32.8 Å². The first-order chi connectivity index (χ1) is 12.2. The fourth-order valence-electron chi connectivity index (χ4n) is 4.03. The van der Waals surface area contributed by atoms with Gasteiger partial charge in [0.2, 0.25) is 5.91 Å². The van der Waals surface area contributed by atoms with Crippen LogP contribution in [0.5, 0.6) is 5.75 Å². The molecule has 0 aromatic heterocycles. The number of para-hydroxylation sites is 1. The molecule has 0 bridgehead atoms. The predicted octanol–water partition coefficient (Wildman–Crippen LogP) is 3.57. The maximum absolute atomic E-state index is 12.9. The van der Waals surface area contributed by atoms with Gasteiger partial charge >= 0.3 is 0 Å². The molecule has 2 heterocycles. The van der Waals surface area contributed by atoms with E-state index in [1.54, 1.807) is 0 Å². The van der Waals surface area contributed by atoms with Gasteiger partial charge in [-0.05, 0) is 51.3 Å². The van der Waals surface area contributed by atoms with Crippen molar-refractivity contribution < 1.29 is 9.53 Å². The van der Waals surface area contributed by atoms with Crippen LogP contribution in [0.25, 0.3) is 0 Å². The molecule has 0 saturated carbocycles. The number of piperidine rings is 1. The highest BCUT2D eigenvalue weighted by molar-refractivity contribution is 5.81. The Morgan fingerprint density at radius 2 is 1.80 bits per heavy atom. The second-order valence-electron chi connectivity index (χ2n) is 7.54. The van der Waals surface area contributed by atoms with Crippen LogP contribution in [0.1, 0.15) is 45.4 Å². The van der Waals surface area contributed by atoms with E-state index in [0.29, 0.717) is 11.8 Å². The number of likely N-dealkylation sites (tertiary alicyclic amines) is 2. The zero-order chi connectivity index (χ0) is 17.5. The van der Waals surface area contributed by atoms with E-state index in [1.165, 1.54) is 19.3 Å². The van der Waals surface area contributed by atoms with Crippen LogP contribution in [-0.2, 0) is 4.79 Å². The molecule has 0 spiro atoms. The minimum Gasteiger partial charge on any atom is -0.493 e. The van der Waals surface area contributed by atoms with Crippen LogP contribution in [0.4, 0.5) is 0 Å². The van der Waals surface area contributed by atoms with Gasteiger partial charge in [0.25, 0.3) is 0 Å². The lowest BCUT2D eigenvalue weighted by Gasteiger charge is -2.37. The molecule has 2 saturated heterocycles. The Kier molecular flexibility index (Phi) is 6.74. The van der Waals surface area contributed by atoms with Gasteiger partial charge in [-0.3, -0.25) is 9.69 Å². The summed E-state index contributed by atoms with van der Waals surface area (Å²) in [7, 11) is 0. The van der Waals surface area contributed by atoms with E-state index in [-0.39, 0.29) is 6.04 Å². The van der Waals surface area contributed by atoms with Crippen LogP contribution in [0.2, 0.25) is 0 Å². The molecule has 25 heavy (non-hydrogen) atoms. The topological polar surface area (TPSA) is 32.8 Å². The number of nitrogens with zero attached hydrogens (tertiary/aromatic N) is 2. The quantitative estimate of drug-likeness (QED) is 0.819. The van der Waals surface area contributed by atoms with Crippen LogP contribution >= 0.6 is 0 Å². The average molecular weight is 344 g/mol. The van der Waals surface area contributed by atoms with Crippen molar-refractivity contribution in [2.45, 2.75) is 51.5 Å². The molecule has 2 unspecified atom stereocenters. The zero-order valence-electron chi connectivity index (χ0n) is 15.5. The van der Waals surface area contributed by atoms with Gasteiger partial charge in [-0.15, -0.1) is 0 Å². The molecule has 1 amide bonds. The van der Waals surface area contributed by atoms with Gasteiger partial charge < -0.3 is 9.64 Å². The Bertz CT molecular complexity index is 526. The van der Waals surface area contributed by atoms with E-state index in [2.05, 4.69) is 16.7 Å². The molecule has 2 aliphatic heterocycles. The summed E-state index contributed by atoms with van der Waals surface area (Å²) in [5, 5.41) is 0. The fourth-order valence-corrected chi connectivity index (χ4v) is 4.03. The van der Waals surface area contributed by atoms with Gasteiger partial charge in [0.1, 0.15) is 5.75 Å². The van der Waals surface area contributed by atoms with Crippen LogP contribution in [0.15, 0.2) is 30.3 Å². The van der Waals surface area contributed by atoms with E-state index >= 15 is 0 Å². The van der Waals surface area contributed by atoms with Crippen molar-refractivity contribution in [1.29, 1.82) is 0 Å². The van der Waals surface area contributed by atoms with Crippen molar-refractivity contribution in [2.24, 2.45) is 5.92 Å². The smallest absolute Gasteiger partial charge is 0.239 e. The highest BCUT2D eigenvalue weighted by Crippen LogP contribution is 2.22. The normalized spacial score (nSPS) is 23.7. The minimum atomic E-state index is -0.00220. The molecule has 0 N–H and O–H groups in total. The number of ether oxygens (including phenoxy) is 1. The SMILES string of the molecule is CC(C(=O)N1CCCCCC1)N1CCCC(COc2ccccc2)C1. The highest BCUT2D eigenvalue weighted by atomic mass is 16.5. The lowest BCUT2D eigenvalue weighted by molar-refractivity contribution is -0.137. The van der Waals surface area contributed by atoms with Crippen LogP contribution in [0.3, 0.4) is 0 Å². The zero-order valence-corrected chi connectivity index (χ0v) is 15.5. The predicted molar refractivity (Wildman–Crippen MR) is 101 cm³/mol. The summed E-state index contributed by atoms with van der Waals surface area (Å²) in [6.07, 6.45) is 7.19. The van der Waals surface area contributed by atoms with Gasteiger partial charge in [0, 0.05) is 25.6 Å². The van der Waals surface area contributed by atoms with E-state index in [4.69, 9.17) is 4.74 Å². The largest absolute Gasteiger partial charge is 0.493 e. The molecule has 1 aromatic rings. The van der Waals surface area contributed by atoms with Crippen LogP contribution < -0.4 is 4.74 Å². The molecule has 0 aliphatic carbocycles. The number of benzene rings is 1. The molecular formula is C21H32N2O2. The number of hydrogen-bond donors (Lipinski definition) is 0. The first-order valence-electron chi connectivity index (χ1n) is 9.95. The van der Waals surface area contributed by atoms with E-state index in [9.17, 15) is 4.79 Å². The number of hydrogen-bond acceptors (Lipinski definition) is 3. The number of amides is 1. The van der Waals surface area contributed by atoms with Gasteiger partial charge in [0.15, 0.2) is 0 Å². The standard InChI is InChI=1S/C21H32N2O2/c1-18(21(24)22-13-7-2-3-8-14-22)23-15-9-10-19(16-23)17-25-20-11-5-4-6-12-20/h4-6,11-12,18-19H,2-3,7-10,13-17H2,1H3. The Morgan fingerprint density at radius 1 is 1.08 bits per heavy atom. The summed E-state index contributed by atoms with van der Waals surface area (Å²) in [5.41, 5.74) is 0. The van der Waals surface area contributed by atoms with Crippen molar-refractivity contribution in [1.82, 2.24) is 9.80 Å². The fraction of sp³-hybridized carbons (Fsp3) is 0.667. The third-order valence-corrected chi connectivity index (χ3v) is 5.60. The maximum Gasteiger partial charge on any atom is 0.239 e. The maximum atomic E-state index is 12.9. The Morgan fingerprint density at radius 3 is 2.52 bits per heavy atom. The summed E-state index contributed by atoms with van der Waals surface area (Å²) in [6.45, 7) is 6.71. The Hall–Kier alpha value is -1.55. The van der Waals surface area contributed by atoms with E-state index in [0.717, 1.165) is 57.8 Å². The Labute approximate surface area is 152 Å².